The summed E-state index contributed by atoms with van der Waals surface area (Å²) in [7, 11) is 0. The minimum Gasteiger partial charge on any atom is -0.416 e. The van der Waals surface area contributed by atoms with Crippen molar-refractivity contribution in [2.24, 2.45) is 0 Å². The Labute approximate surface area is 144 Å². The fourth-order valence-corrected chi connectivity index (χ4v) is 3.88. The highest BCUT2D eigenvalue weighted by Crippen LogP contribution is 2.24. The Morgan fingerprint density at radius 2 is 2.09 bits per heavy atom. The van der Waals surface area contributed by atoms with E-state index in [9.17, 15) is 4.79 Å². The van der Waals surface area contributed by atoms with Crippen molar-refractivity contribution in [3.05, 3.63) is 33.0 Å². The van der Waals surface area contributed by atoms with Crippen molar-refractivity contribution in [3.63, 3.8) is 0 Å². The number of carbonyl (C=O) groups is 1. The lowest BCUT2D eigenvalue weighted by molar-refractivity contribution is -0.114. The van der Waals surface area contributed by atoms with Crippen LogP contribution < -0.4 is 5.32 Å². The number of nitrogens with zero attached hydrogens (tertiary/aromatic N) is 4. The summed E-state index contributed by atoms with van der Waals surface area (Å²) >= 11 is 4.41. The third-order valence-electron chi connectivity index (χ3n) is 2.63. The second-order valence-corrected chi connectivity index (χ2v) is 7.46. The van der Waals surface area contributed by atoms with Gasteiger partial charge in [-0.15, -0.1) is 32.9 Å². The average Bonchev–Trinajstić information content (AvgIpc) is 3.19. The molecule has 0 saturated carbocycles. The van der Waals surface area contributed by atoms with Crippen molar-refractivity contribution in [2.45, 2.75) is 31.2 Å². The third-order valence-corrected chi connectivity index (χ3v) is 5.11. The third kappa shape index (κ3) is 4.60. The number of thioether (sulfide) groups is 1. The largest absolute Gasteiger partial charge is 0.416 e. The van der Waals surface area contributed by atoms with Gasteiger partial charge in [-0.2, -0.15) is 0 Å². The molecule has 10 heteroatoms. The first-order valence-electron chi connectivity index (χ1n) is 6.66. The van der Waals surface area contributed by atoms with Crippen LogP contribution in [0, 0.1) is 6.92 Å². The van der Waals surface area contributed by atoms with Crippen LogP contribution in [0.3, 0.4) is 0 Å². The minimum absolute atomic E-state index is 0.127. The molecule has 0 aromatic carbocycles. The monoisotopic (exact) mass is 367 g/mol. The normalized spacial score (nSPS) is 10.9. The number of thiazole rings is 2. The lowest BCUT2D eigenvalue weighted by atomic mass is 10.3. The van der Waals surface area contributed by atoms with E-state index in [0.29, 0.717) is 28.4 Å². The van der Waals surface area contributed by atoms with Gasteiger partial charge in [-0.1, -0.05) is 11.8 Å². The Morgan fingerprint density at radius 1 is 1.26 bits per heavy atom. The van der Waals surface area contributed by atoms with E-state index in [1.807, 2.05) is 17.7 Å². The summed E-state index contributed by atoms with van der Waals surface area (Å²) in [5.74, 6) is 1.03. The molecule has 0 unspecified atom stereocenters. The van der Waals surface area contributed by atoms with Gasteiger partial charge >= 0.3 is 0 Å². The van der Waals surface area contributed by atoms with E-state index >= 15 is 0 Å². The number of anilines is 1. The molecule has 7 nitrogen and oxygen atoms in total. The molecule has 1 amide bonds. The van der Waals surface area contributed by atoms with Gasteiger partial charge in [0.2, 0.25) is 11.8 Å². The predicted octanol–water partition coefficient (Wildman–Crippen LogP) is 3.13. The fraction of sp³-hybridized carbons (Fsp3) is 0.308. The minimum atomic E-state index is -0.127. The maximum atomic E-state index is 11.0. The van der Waals surface area contributed by atoms with E-state index in [1.54, 1.807) is 11.3 Å². The van der Waals surface area contributed by atoms with Crippen LogP contribution in [0.1, 0.15) is 29.2 Å². The summed E-state index contributed by atoms with van der Waals surface area (Å²) in [5.41, 5.74) is 1.80. The number of aryl methyl sites for hydroxylation is 1. The van der Waals surface area contributed by atoms with Gasteiger partial charge < -0.3 is 9.73 Å². The molecule has 3 aromatic rings. The molecule has 0 spiro atoms. The Morgan fingerprint density at radius 3 is 2.83 bits per heavy atom. The number of hydrogen-bond acceptors (Lipinski definition) is 9. The van der Waals surface area contributed by atoms with E-state index in [-0.39, 0.29) is 5.91 Å². The molecule has 0 atom stereocenters. The second-order valence-electron chi connectivity index (χ2n) is 4.61. The lowest BCUT2D eigenvalue weighted by Crippen LogP contribution is -2.05. The standard InChI is InChI=1S/C13H13N5O2S3/c1-7(19)14-12-16-10(5-22-12)6-23-13-18-17-11(20-13)3-9-4-21-8(2)15-9/h4-5H,3,6H2,1-2H3,(H,14,16,19). The van der Waals surface area contributed by atoms with Crippen LogP contribution in [0.4, 0.5) is 5.13 Å². The number of rotatable bonds is 6. The molecular weight excluding hydrogens is 354 g/mol. The summed E-state index contributed by atoms with van der Waals surface area (Å²) in [6, 6.07) is 0. The van der Waals surface area contributed by atoms with Crippen molar-refractivity contribution >= 4 is 45.5 Å². The van der Waals surface area contributed by atoms with Crippen LogP contribution in [-0.4, -0.2) is 26.1 Å². The van der Waals surface area contributed by atoms with Crippen molar-refractivity contribution in [1.82, 2.24) is 20.2 Å². The molecular formula is C13H13N5O2S3. The summed E-state index contributed by atoms with van der Waals surface area (Å²) in [6.07, 6.45) is 0.543. The first-order chi connectivity index (χ1) is 11.1. The number of amides is 1. The molecule has 120 valence electrons. The molecule has 0 bridgehead atoms. The summed E-state index contributed by atoms with van der Waals surface area (Å²) in [6.45, 7) is 3.42. The Hall–Kier alpha value is -1.78. The SMILES string of the molecule is CC(=O)Nc1nc(CSc2nnc(Cc3csc(C)n3)o2)cs1. The summed E-state index contributed by atoms with van der Waals surface area (Å²) < 4.78 is 5.60. The number of nitrogens with one attached hydrogen (secondary N) is 1. The molecule has 0 aliphatic carbocycles. The van der Waals surface area contributed by atoms with Crippen molar-refractivity contribution in [2.75, 3.05) is 5.32 Å². The van der Waals surface area contributed by atoms with Crippen LogP contribution in [0.5, 0.6) is 0 Å². The van der Waals surface area contributed by atoms with Gasteiger partial charge in [-0.05, 0) is 6.92 Å². The van der Waals surface area contributed by atoms with E-state index < -0.39 is 0 Å². The first kappa shape index (κ1) is 16.1. The highest BCUT2D eigenvalue weighted by atomic mass is 32.2. The van der Waals surface area contributed by atoms with Crippen molar-refractivity contribution < 1.29 is 9.21 Å². The van der Waals surface area contributed by atoms with Crippen LogP contribution in [0.15, 0.2) is 20.4 Å². The van der Waals surface area contributed by atoms with E-state index in [0.717, 1.165) is 16.4 Å². The van der Waals surface area contributed by atoms with Gasteiger partial charge in [0.1, 0.15) is 0 Å². The highest BCUT2D eigenvalue weighted by molar-refractivity contribution is 7.98. The number of aromatic nitrogens is 4. The smallest absolute Gasteiger partial charge is 0.276 e. The molecule has 3 heterocycles. The Bertz CT molecular complexity index is 810. The molecule has 0 saturated heterocycles. The first-order valence-corrected chi connectivity index (χ1v) is 9.41. The molecule has 1 N–H and O–H groups in total. The van der Waals surface area contributed by atoms with Gasteiger partial charge in [0.05, 0.1) is 22.8 Å². The lowest BCUT2D eigenvalue weighted by Gasteiger charge is -1.94. The Kier molecular flexibility index (Phi) is 5.03. The topological polar surface area (TPSA) is 93.8 Å². The molecule has 0 fully saturated rings. The average molecular weight is 367 g/mol. The van der Waals surface area contributed by atoms with Gasteiger partial charge in [-0.25, -0.2) is 9.97 Å². The predicted molar refractivity (Wildman–Crippen MR) is 89.9 cm³/mol. The van der Waals surface area contributed by atoms with Crippen molar-refractivity contribution in [3.8, 4) is 0 Å². The fourth-order valence-electron chi connectivity index (χ4n) is 1.73. The van der Waals surface area contributed by atoms with Gasteiger partial charge in [0.15, 0.2) is 5.13 Å². The second kappa shape index (κ2) is 7.20. The molecule has 3 rings (SSSR count). The number of hydrogen-bond donors (Lipinski definition) is 1. The van der Waals surface area contributed by atoms with Gasteiger partial charge in [-0.3, -0.25) is 4.79 Å². The maximum absolute atomic E-state index is 11.0. The summed E-state index contributed by atoms with van der Waals surface area (Å²) in [5, 5.41) is 16.7. The van der Waals surface area contributed by atoms with Gasteiger partial charge in [0.25, 0.3) is 5.22 Å². The van der Waals surface area contributed by atoms with E-state index in [4.69, 9.17) is 4.42 Å². The molecule has 0 radical (unpaired) electrons. The van der Waals surface area contributed by atoms with Crippen LogP contribution in [0.25, 0.3) is 0 Å². The summed E-state index contributed by atoms with van der Waals surface area (Å²) in [4.78, 5) is 19.7. The van der Waals surface area contributed by atoms with E-state index in [2.05, 4.69) is 25.5 Å². The van der Waals surface area contributed by atoms with Gasteiger partial charge in [0, 0.05) is 23.4 Å². The molecule has 23 heavy (non-hydrogen) atoms. The van der Waals surface area contributed by atoms with Crippen molar-refractivity contribution in [1.29, 1.82) is 0 Å². The Balaban J connectivity index is 1.54. The zero-order chi connectivity index (χ0) is 16.2. The van der Waals surface area contributed by atoms with Crippen LogP contribution in [0.2, 0.25) is 0 Å². The maximum Gasteiger partial charge on any atom is 0.276 e. The van der Waals surface area contributed by atoms with Crippen LogP contribution >= 0.6 is 34.4 Å². The highest BCUT2D eigenvalue weighted by Gasteiger charge is 2.11. The quantitative estimate of drug-likeness (QED) is 0.669. The molecule has 3 aromatic heterocycles. The zero-order valence-corrected chi connectivity index (χ0v) is 14.8. The van der Waals surface area contributed by atoms with Crippen LogP contribution in [-0.2, 0) is 17.0 Å². The van der Waals surface area contributed by atoms with E-state index in [1.165, 1.54) is 30.0 Å². The molecule has 0 aliphatic heterocycles. The molecule has 0 aliphatic rings. The number of carbonyl (C=O) groups excluding carboxylic acids is 1. The zero-order valence-electron chi connectivity index (χ0n) is 12.4.